The van der Waals surface area contributed by atoms with Crippen LogP contribution in [0, 0.1) is 0 Å². The van der Waals surface area contributed by atoms with Crippen molar-refractivity contribution in [3.63, 3.8) is 0 Å². The number of halogens is 3. The van der Waals surface area contributed by atoms with Crippen molar-refractivity contribution in [2.45, 2.75) is 12.7 Å². The molecule has 0 amide bonds. The first-order valence-corrected chi connectivity index (χ1v) is 8.81. The number of alkyl halides is 3. The maximum absolute atomic E-state index is 13.6. The second-order valence-electron chi connectivity index (χ2n) is 6.54. The standard InChI is InChI=1S/C19H20F3N3O2/c1-26-13-2-3-14-15-4-5-23-18(19(20,21)22)17(15)25(16(14)12-13)7-6-24-8-10-27-11-9-24/h2-5,12H,6-11H2,1H3. The van der Waals surface area contributed by atoms with Gasteiger partial charge in [-0.25, -0.2) is 4.98 Å². The molecule has 0 aliphatic carbocycles. The third-order valence-corrected chi connectivity index (χ3v) is 4.99. The van der Waals surface area contributed by atoms with E-state index in [4.69, 9.17) is 9.47 Å². The van der Waals surface area contributed by atoms with E-state index in [2.05, 4.69) is 9.88 Å². The average molecular weight is 379 g/mol. The van der Waals surface area contributed by atoms with Crippen molar-refractivity contribution >= 4 is 21.8 Å². The lowest BCUT2D eigenvalue weighted by molar-refractivity contribution is -0.140. The molecule has 27 heavy (non-hydrogen) atoms. The fourth-order valence-corrected chi connectivity index (χ4v) is 3.66. The number of ether oxygens (including phenoxy) is 2. The highest BCUT2D eigenvalue weighted by atomic mass is 19.4. The number of aromatic nitrogens is 2. The summed E-state index contributed by atoms with van der Waals surface area (Å²) in [5, 5.41) is 1.32. The molecule has 3 heterocycles. The largest absolute Gasteiger partial charge is 0.497 e. The molecule has 0 N–H and O–H groups in total. The molecule has 1 aromatic carbocycles. The fraction of sp³-hybridized carbons (Fsp3) is 0.421. The van der Waals surface area contributed by atoms with Crippen molar-refractivity contribution in [1.82, 2.24) is 14.5 Å². The highest BCUT2D eigenvalue weighted by Gasteiger charge is 2.36. The van der Waals surface area contributed by atoms with Gasteiger partial charge in [-0.3, -0.25) is 4.90 Å². The lowest BCUT2D eigenvalue weighted by Gasteiger charge is -2.27. The van der Waals surface area contributed by atoms with Gasteiger partial charge in [0.2, 0.25) is 0 Å². The molecule has 0 spiro atoms. The normalized spacial score (nSPS) is 16.3. The average Bonchev–Trinajstić information content (AvgIpc) is 2.99. The number of benzene rings is 1. The first kappa shape index (κ1) is 18.1. The van der Waals surface area contributed by atoms with Crippen molar-refractivity contribution < 1.29 is 22.6 Å². The van der Waals surface area contributed by atoms with Gasteiger partial charge < -0.3 is 14.0 Å². The Morgan fingerprint density at radius 2 is 1.89 bits per heavy atom. The summed E-state index contributed by atoms with van der Waals surface area (Å²) < 4.78 is 53.3. The van der Waals surface area contributed by atoms with Gasteiger partial charge in [-0.15, -0.1) is 0 Å². The van der Waals surface area contributed by atoms with Crippen LogP contribution >= 0.6 is 0 Å². The van der Waals surface area contributed by atoms with E-state index in [1.54, 1.807) is 29.9 Å². The summed E-state index contributed by atoms with van der Waals surface area (Å²) in [5.74, 6) is 0.611. The Balaban J connectivity index is 1.88. The maximum Gasteiger partial charge on any atom is 0.435 e. The van der Waals surface area contributed by atoms with Crippen molar-refractivity contribution in [3.05, 3.63) is 36.2 Å². The van der Waals surface area contributed by atoms with E-state index in [0.29, 0.717) is 37.4 Å². The third-order valence-electron chi connectivity index (χ3n) is 4.99. The maximum atomic E-state index is 13.6. The molecule has 1 aliphatic rings. The van der Waals surface area contributed by atoms with Crippen LogP contribution in [0.1, 0.15) is 5.69 Å². The Bertz CT molecular complexity index is 962. The SMILES string of the molecule is COc1ccc2c3ccnc(C(F)(F)F)c3n(CCN3CCOCC3)c2c1. The number of nitrogens with zero attached hydrogens (tertiary/aromatic N) is 3. The first-order valence-electron chi connectivity index (χ1n) is 8.81. The molecule has 4 rings (SSSR count). The van der Waals surface area contributed by atoms with Gasteiger partial charge in [0, 0.05) is 49.2 Å². The minimum absolute atomic E-state index is 0.126. The van der Waals surface area contributed by atoms with E-state index in [-0.39, 0.29) is 5.52 Å². The van der Waals surface area contributed by atoms with Crippen molar-refractivity contribution in [3.8, 4) is 5.75 Å². The zero-order chi connectivity index (χ0) is 19.0. The second kappa shape index (κ2) is 7.01. The zero-order valence-corrected chi connectivity index (χ0v) is 14.9. The summed E-state index contributed by atoms with van der Waals surface area (Å²) in [7, 11) is 1.55. The van der Waals surface area contributed by atoms with Gasteiger partial charge in [-0.05, 0) is 18.2 Å². The molecule has 8 heteroatoms. The molecule has 0 bridgehead atoms. The van der Waals surface area contributed by atoms with E-state index >= 15 is 0 Å². The number of pyridine rings is 1. The molecule has 0 saturated carbocycles. The molecule has 2 aromatic heterocycles. The molecule has 3 aromatic rings. The van der Waals surface area contributed by atoms with Crippen LogP contribution < -0.4 is 4.74 Å². The Morgan fingerprint density at radius 3 is 2.59 bits per heavy atom. The van der Waals surface area contributed by atoms with E-state index in [1.807, 2.05) is 6.07 Å². The van der Waals surface area contributed by atoms with Gasteiger partial charge in [0.05, 0.1) is 31.4 Å². The van der Waals surface area contributed by atoms with Gasteiger partial charge in [0.25, 0.3) is 0 Å². The molecule has 1 aliphatic heterocycles. The van der Waals surface area contributed by atoms with Crippen molar-refractivity contribution in [2.75, 3.05) is 40.0 Å². The Kier molecular flexibility index (Phi) is 4.69. The third kappa shape index (κ3) is 3.35. The Morgan fingerprint density at radius 1 is 1.11 bits per heavy atom. The van der Waals surface area contributed by atoms with Gasteiger partial charge in [0.15, 0.2) is 5.69 Å². The molecule has 144 valence electrons. The fourth-order valence-electron chi connectivity index (χ4n) is 3.66. The smallest absolute Gasteiger partial charge is 0.435 e. The van der Waals surface area contributed by atoms with Crippen LogP contribution in [0.15, 0.2) is 30.5 Å². The van der Waals surface area contributed by atoms with Crippen LogP contribution in [-0.2, 0) is 17.5 Å². The molecule has 1 fully saturated rings. The number of hydrogen-bond acceptors (Lipinski definition) is 4. The van der Waals surface area contributed by atoms with Crippen molar-refractivity contribution in [1.29, 1.82) is 0 Å². The molecule has 0 atom stereocenters. The number of morpholine rings is 1. The van der Waals surface area contributed by atoms with Crippen LogP contribution in [0.3, 0.4) is 0 Å². The summed E-state index contributed by atoms with van der Waals surface area (Å²) >= 11 is 0. The Hall–Kier alpha value is -2.32. The van der Waals surface area contributed by atoms with Crippen LogP contribution in [0.2, 0.25) is 0 Å². The summed E-state index contributed by atoms with van der Waals surface area (Å²) in [6, 6.07) is 7.00. The minimum Gasteiger partial charge on any atom is -0.497 e. The Labute approximate surface area is 154 Å². The predicted molar refractivity (Wildman–Crippen MR) is 96.1 cm³/mol. The summed E-state index contributed by atoms with van der Waals surface area (Å²) in [5.41, 5.74) is -0.00485. The van der Waals surface area contributed by atoms with Gasteiger partial charge in [-0.2, -0.15) is 13.2 Å². The number of hydrogen-bond donors (Lipinski definition) is 0. The number of rotatable bonds is 4. The lowest BCUT2D eigenvalue weighted by atomic mass is 10.1. The van der Waals surface area contributed by atoms with E-state index in [0.717, 1.165) is 24.0 Å². The number of fused-ring (bicyclic) bond motifs is 3. The molecular formula is C19H20F3N3O2. The molecular weight excluding hydrogens is 359 g/mol. The molecule has 0 radical (unpaired) electrons. The minimum atomic E-state index is -4.52. The highest BCUT2D eigenvalue weighted by molar-refractivity contribution is 6.09. The summed E-state index contributed by atoms with van der Waals surface area (Å²) in [6.45, 7) is 3.94. The first-order chi connectivity index (χ1) is 13.0. The van der Waals surface area contributed by atoms with E-state index in [9.17, 15) is 13.2 Å². The van der Waals surface area contributed by atoms with Crippen LogP contribution in [0.5, 0.6) is 5.75 Å². The predicted octanol–water partition coefficient (Wildman–Crippen LogP) is 3.55. The quantitative estimate of drug-likeness (QED) is 0.695. The van der Waals surface area contributed by atoms with Gasteiger partial charge >= 0.3 is 6.18 Å². The van der Waals surface area contributed by atoms with E-state index < -0.39 is 11.9 Å². The molecule has 5 nitrogen and oxygen atoms in total. The van der Waals surface area contributed by atoms with Gasteiger partial charge in [-0.1, -0.05) is 0 Å². The van der Waals surface area contributed by atoms with Crippen LogP contribution in [0.4, 0.5) is 13.2 Å². The van der Waals surface area contributed by atoms with Crippen LogP contribution in [0.25, 0.3) is 21.8 Å². The zero-order valence-electron chi connectivity index (χ0n) is 14.9. The number of methoxy groups -OCH3 is 1. The van der Waals surface area contributed by atoms with E-state index in [1.165, 1.54) is 6.20 Å². The van der Waals surface area contributed by atoms with Gasteiger partial charge in [0.1, 0.15) is 5.75 Å². The topological polar surface area (TPSA) is 39.5 Å². The summed E-state index contributed by atoms with van der Waals surface area (Å²) in [4.78, 5) is 5.86. The second-order valence-corrected chi connectivity index (χ2v) is 6.54. The monoisotopic (exact) mass is 379 g/mol. The highest BCUT2D eigenvalue weighted by Crippen LogP contribution is 2.38. The van der Waals surface area contributed by atoms with Crippen molar-refractivity contribution in [2.24, 2.45) is 0 Å². The lowest BCUT2D eigenvalue weighted by Crippen LogP contribution is -2.38. The molecule has 0 unspecified atom stereocenters. The van der Waals surface area contributed by atoms with Crippen LogP contribution in [-0.4, -0.2) is 54.4 Å². The molecule has 1 saturated heterocycles. The summed E-state index contributed by atoms with van der Waals surface area (Å²) in [6.07, 6.45) is -3.30.